The summed E-state index contributed by atoms with van der Waals surface area (Å²) in [7, 11) is 0. The van der Waals surface area contributed by atoms with Crippen LogP contribution in [0.15, 0.2) is 36.5 Å². The van der Waals surface area contributed by atoms with Crippen LogP contribution in [0.1, 0.15) is 67.9 Å². The Labute approximate surface area is 192 Å². The molecule has 32 heavy (non-hydrogen) atoms. The van der Waals surface area contributed by atoms with Crippen LogP contribution in [0.25, 0.3) is 0 Å². The number of H-pyrrole nitrogens is 1. The molecule has 2 aromatic rings. The van der Waals surface area contributed by atoms with E-state index in [0.29, 0.717) is 5.69 Å². The molecule has 1 aromatic heterocycles. The molecule has 4 rings (SSSR count). The van der Waals surface area contributed by atoms with Crippen LogP contribution >= 0.6 is 0 Å². The summed E-state index contributed by atoms with van der Waals surface area (Å²) in [6, 6.07) is 10.3. The second kappa shape index (κ2) is 11.0. The Balaban J connectivity index is 1.45. The van der Waals surface area contributed by atoms with Crippen molar-refractivity contribution in [1.82, 2.24) is 20.0 Å². The van der Waals surface area contributed by atoms with Crippen molar-refractivity contribution in [2.75, 3.05) is 39.3 Å². The van der Waals surface area contributed by atoms with Crippen molar-refractivity contribution in [3.8, 4) is 5.75 Å². The zero-order valence-electron chi connectivity index (χ0n) is 19.5. The average molecular weight is 439 g/mol. The maximum Gasteiger partial charge on any atom is 0.271 e. The smallest absolute Gasteiger partial charge is 0.271 e. The van der Waals surface area contributed by atoms with Gasteiger partial charge in [0.2, 0.25) is 0 Å². The number of unbranched alkanes of at least 4 members (excludes halogenated alkanes) is 1. The van der Waals surface area contributed by atoms with E-state index in [0.717, 1.165) is 64.3 Å². The van der Waals surface area contributed by atoms with Crippen LogP contribution in [0.3, 0.4) is 0 Å². The summed E-state index contributed by atoms with van der Waals surface area (Å²) < 4.78 is 6.23. The lowest BCUT2D eigenvalue weighted by Gasteiger charge is -2.45. The van der Waals surface area contributed by atoms with Gasteiger partial charge in [-0.1, -0.05) is 38.0 Å². The van der Waals surface area contributed by atoms with E-state index in [4.69, 9.17) is 4.74 Å². The van der Waals surface area contributed by atoms with Gasteiger partial charge in [-0.3, -0.25) is 14.8 Å². The van der Waals surface area contributed by atoms with Gasteiger partial charge in [0, 0.05) is 32.4 Å². The number of likely N-dealkylation sites (tertiary alicyclic amines) is 1. The maximum atomic E-state index is 12.8. The van der Waals surface area contributed by atoms with Gasteiger partial charge in [-0.05, 0) is 68.2 Å². The quantitative estimate of drug-likeness (QED) is 0.761. The first-order valence-electron chi connectivity index (χ1n) is 12.4. The predicted molar refractivity (Wildman–Crippen MR) is 127 cm³/mol. The van der Waals surface area contributed by atoms with Crippen LogP contribution in [0.4, 0.5) is 0 Å². The minimum Gasteiger partial charge on any atom is -0.492 e. The highest BCUT2D eigenvalue weighted by Crippen LogP contribution is 2.38. The van der Waals surface area contributed by atoms with Gasteiger partial charge in [0.05, 0.1) is 0 Å². The number of benzene rings is 1. The van der Waals surface area contributed by atoms with Crippen molar-refractivity contribution >= 4 is 5.91 Å². The molecule has 1 aromatic carbocycles. The number of nitrogens with one attached hydrogen (secondary N) is 1. The van der Waals surface area contributed by atoms with Crippen LogP contribution in [-0.2, 0) is 6.42 Å². The van der Waals surface area contributed by atoms with Crippen molar-refractivity contribution < 1.29 is 9.53 Å². The van der Waals surface area contributed by atoms with Crippen molar-refractivity contribution in [3.05, 3.63) is 47.8 Å². The van der Waals surface area contributed by atoms with E-state index in [-0.39, 0.29) is 11.3 Å². The molecule has 2 aliphatic rings. The summed E-state index contributed by atoms with van der Waals surface area (Å²) in [5, 5.41) is 6.77. The molecule has 1 saturated heterocycles. The summed E-state index contributed by atoms with van der Waals surface area (Å²) in [5.74, 6) is 1.14. The second-order valence-corrected chi connectivity index (χ2v) is 9.56. The molecule has 0 bridgehead atoms. The van der Waals surface area contributed by atoms with E-state index < -0.39 is 0 Å². The number of carbonyl (C=O) groups is 1. The lowest BCUT2D eigenvalue weighted by Crippen LogP contribution is -2.49. The molecule has 0 radical (unpaired) electrons. The summed E-state index contributed by atoms with van der Waals surface area (Å²) in [4.78, 5) is 17.4. The third-order valence-corrected chi connectivity index (χ3v) is 7.27. The van der Waals surface area contributed by atoms with Crippen LogP contribution < -0.4 is 4.74 Å². The molecule has 0 atom stereocenters. The van der Waals surface area contributed by atoms with Crippen LogP contribution in [0.2, 0.25) is 0 Å². The number of piperidine rings is 1. The second-order valence-electron chi connectivity index (χ2n) is 9.56. The lowest BCUT2D eigenvalue weighted by molar-refractivity contribution is 0.0371. The minimum absolute atomic E-state index is 0.0818. The normalized spacial score (nSPS) is 20.1. The van der Waals surface area contributed by atoms with Crippen LogP contribution in [-0.4, -0.2) is 65.2 Å². The molecule has 1 amide bonds. The lowest BCUT2D eigenvalue weighted by atomic mass is 9.73. The fraction of sp³-hybridized carbons (Fsp3) is 0.615. The van der Waals surface area contributed by atoms with E-state index in [2.05, 4.69) is 46.3 Å². The van der Waals surface area contributed by atoms with Gasteiger partial charge in [-0.2, -0.15) is 5.10 Å². The minimum atomic E-state index is 0.0818. The van der Waals surface area contributed by atoms with E-state index in [1.807, 2.05) is 4.90 Å². The van der Waals surface area contributed by atoms with Gasteiger partial charge in [0.1, 0.15) is 18.1 Å². The first-order valence-corrected chi connectivity index (χ1v) is 12.4. The standard InChI is InChI=1S/C26H38N4O2/c1-2-3-16-29-19-20-32-24-10-5-4-8-22(24)9-6-7-12-26(21-29)13-17-30(18-14-26)25(31)23-11-15-27-28-23/h4-5,8,10-11,15H,2-3,6-7,9,12-14,16-21H2,1H3,(H,27,28). The fourth-order valence-electron chi connectivity index (χ4n) is 5.29. The highest BCUT2D eigenvalue weighted by atomic mass is 16.5. The Morgan fingerprint density at radius 2 is 1.97 bits per heavy atom. The van der Waals surface area contributed by atoms with Gasteiger partial charge >= 0.3 is 0 Å². The van der Waals surface area contributed by atoms with Crippen molar-refractivity contribution in [1.29, 1.82) is 0 Å². The summed E-state index contributed by atoms with van der Waals surface area (Å²) in [6.45, 7) is 7.87. The van der Waals surface area contributed by atoms with Crippen LogP contribution in [0, 0.1) is 5.41 Å². The number of rotatable bonds is 4. The molecule has 0 aliphatic carbocycles. The molecule has 0 saturated carbocycles. The van der Waals surface area contributed by atoms with Crippen molar-refractivity contribution in [2.24, 2.45) is 5.41 Å². The highest BCUT2D eigenvalue weighted by molar-refractivity contribution is 5.92. The first-order chi connectivity index (χ1) is 15.7. The number of aromatic amines is 1. The third-order valence-electron chi connectivity index (χ3n) is 7.27. The number of fused-ring (bicyclic) bond motifs is 1. The number of ether oxygens (including phenoxy) is 1. The van der Waals surface area contributed by atoms with Gasteiger partial charge < -0.3 is 9.64 Å². The number of nitrogens with zero attached hydrogens (tertiary/aromatic N) is 3. The largest absolute Gasteiger partial charge is 0.492 e. The Morgan fingerprint density at radius 3 is 2.75 bits per heavy atom. The molecule has 1 spiro atoms. The number of aryl methyl sites for hydroxylation is 1. The zero-order chi connectivity index (χ0) is 22.2. The number of aromatic nitrogens is 2. The SMILES string of the molecule is CCCCN1CCOc2ccccc2CCCCC2(CCN(C(=O)c3ccn[nH]3)CC2)C1. The molecule has 3 heterocycles. The third kappa shape index (κ3) is 5.71. The zero-order valence-corrected chi connectivity index (χ0v) is 19.5. The molecule has 6 nitrogen and oxygen atoms in total. The Kier molecular flexibility index (Phi) is 7.85. The predicted octanol–water partition coefficient (Wildman–Crippen LogP) is 4.54. The molecular formula is C26H38N4O2. The Hall–Kier alpha value is -2.34. The average Bonchev–Trinajstić information content (AvgIpc) is 3.35. The molecule has 2 aliphatic heterocycles. The molecule has 0 unspecified atom stereocenters. The molecule has 1 fully saturated rings. The number of carbonyl (C=O) groups excluding carboxylic acids is 1. The summed E-state index contributed by atoms with van der Waals surface area (Å²) in [6.07, 6.45) is 11.0. The molecule has 1 N–H and O–H groups in total. The van der Waals surface area contributed by atoms with Gasteiger partial charge in [0.25, 0.3) is 5.91 Å². The molecule has 174 valence electrons. The molecular weight excluding hydrogens is 400 g/mol. The van der Waals surface area contributed by atoms with Crippen molar-refractivity contribution in [2.45, 2.75) is 58.3 Å². The van der Waals surface area contributed by atoms with Gasteiger partial charge in [-0.25, -0.2) is 0 Å². The summed E-state index contributed by atoms with van der Waals surface area (Å²) in [5.41, 5.74) is 2.22. The van der Waals surface area contributed by atoms with E-state index in [1.54, 1.807) is 12.3 Å². The van der Waals surface area contributed by atoms with Crippen molar-refractivity contribution in [3.63, 3.8) is 0 Å². The first kappa shape index (κ1) is 22.8. The maximum absolute atomic E-state index is 12.8. The highest BCUT2D eigenvalue weighted by Gasteiger charge is 2.37. The van der Waals surface area contributed by atoms with E-state index >= 15 is 0 Å². The Bertz CT molecular complexity index is 843. The monoisotopic (exact) mass is 438 g/mol. The van der Waals surface area contributed by atoms with E-state index in [1.165, 1.54) is 37.7 Å². The number of amides is 1. The van der Waals surface area contributed by atoms with Gasteiger partial charge in [-0.15, -0.1) is 0 Å². The van der Waals surface area contributed by atoms with Gasteiger partial charge in [0.15, 0.2) is 0 Å². The van der Waals surface area contributed by atoms with Crippen LogP contribution in [0.5, 0.6) is 5.75 Å². The molecule has 6 heteroatoms. The fourth-order valence-corrected chi connectivity index (χ4v) is 5.29. The number of para-hydroxylation sites is 1. The van der Waals surface area contributed by atoms with E-state index in [9.17, 15) is 4.79 Å². The number of hydrogen-bond acceptors (Lipinski definition) is 4. The number of hydrogen-bond donors (Lipinski definition) is 1. The topological polar surface area (TPSA) is 61.5 Å². The summed E-state index contributed by atoms with van der Waals surface area (Å²) >= 11 is 0. The Morgan fingerprint density at radius 1 is 1.12 bits per heavy atom.